The molecule has 1 fully saturated rings. The van der Waals surface area contributed by atoms with Crippen molar-refractivity contribution in [3.8, 4) is 0 Å². The summed E-state index contributed by atoms with van der Waals surface area (Å²) in [6, 6.07) is 0. The molecular weight excluding hydrogens is 166 g/mol. The molecule has 76 valence electrons. The van der Waals surface area contributed by atoms with Crippen LogP contribution >= 0.6 is 0 Å². The fourth-order valence-electron chi connectivity index (χ4n) is 1.35. The van der Waals surface area contributed by atoms with Crippen molar-refractivity contribution >= 4 is 5.91 Å². The number of hydrogen-bond donors (Lipinski definition) is 0. The van der Waals surface area contributed by atoms with Gasteiger partial charge in [-0.05, 0) is 26.7 Å². The summed E-state index contributed by atoms with van der Waals surface area (Å²) >= 11 is 0. The first kappa shape index (κ1) is 10.5. The molecule has 1 rings (SSSR count). The average molecular weight is 185 g/mol. The summed E-state index contributed by atoms with van der Waals surface area (Å²) in [7, 11) is 1.68. The molecular formula is C10H19NO2. The van der Waals surface area contributed by atoms with E-state index >= 15 is 0 Å². The van der Waals surface area contributed by atoms with Crippen molar-refractivity contribution in [1.82, 2.24) is 4.90 Å². The molecule has 1 atom stereocenters. The molecule has 13 heavy (non-hydrogen) atoms. The van der Waals surface area contributed by atoms with E-state index in [-0.39, 0.29) is 6.10 Å². The number of carbonyl (C=O) groups excluding carboxylic acids is 1. The first-order valence-corrected chi connectivity index (χ1v) is 5.00. The number of rotatable bonds is 5. The molecule has 1 amide bonds. The van der Waals surface area contributed by atoms with Crippen LogP contribution in [0.2, 0.25) is 0 Å². The quantitative estimate of drug-likeness (QED) is 0.645. The minimum absolute atomic E-state index is 0.141. The lowest BCUT2D eigenvalue weighted by Gasteiger charge is -2.23. The van der Waals surface area contributed by atoms with Crippen molar-refractivity contribution in [3.05, 3.63) is 0 Å². The monoisotopic (exact) mass is 185 g/mol. The van der Waals surface area contributed by atoms with Gasteiger partial charge in [0.1, 0.15) is 0 Å². The zero-order chi connectivity index (χ0) is 9.84. The minimum atomic E-state index is 0.141. The SMILES string of the molecule is CCN(C[C@H](C)OC)C(=O)C1CC1. The molecule has 0 saturated heterocycles. The van der Waals surface area contributed by atoms with Crippen LogP contribution in [0.1, 0.15) is 26.7 Å². The van der Waals surface area contributed by atoms with E-state index < -0.39 is 0 Å². The van der Waals surface area contributed by atoms with Gasteiger partial charge in [-0.2, -0.15) is 0 Å². The van der Waals surface area contributed by atoms with E-state index in [1.165, 1.54) is 0 Å². The van der Waals surface area contributed by atoms with Crippen molar-refractivity contribution in [2.75, 3.05) is 20.2 Å². The Morgan fingerprint density at radius 2 is 2.23 bits per heavy atom. The van der Waals surface area contributed by atoms with Crippen LogP contribution in [0.4, 0.5) is 0 Å². The zero-order valence-corrected chi connectivity index (χ0v) is 8.75. The average Bonchev–Trinajstić information content (AvgIpc) is 2.95. The highest BCUT2D eigenvalue weighted by atomic mass is 16.5. The molecule has 0 aromatic rings. The normalized spacial score (nSPS) is 18.4. The van der Waals surface area contributed by atoms with Gasteiger partial charge in [0.15, 0.2) is 0 Å². The van der Waals surface area contributed by atoms with Gasteiger partial charge in [0, 0.05) is 26.1 Å². The number of methoxy groups -OCH3 is 1. The van der Waals surface area contributed by atoms with Gasteiger partial charge in [0.05, 0.1) is 6.10 Å². The standard InChI is InChI=1S/C10H19NO2/c1-4-11(7-8(2)13-3)10(12)9-5-6-9/h8-9H,4-7H2,1-3H3/t8-/m0/s1. The summed E-state index contributed by atoms with van der Waals surface area (Å²) in [5, 5.41) is 0. The van der Waals surface area contributed by atoms with Crippen LogP contribution < -0.4 is 0 Å². The van der Waals surface area contributed by atoms with Crippen LogP contribution in [0.15, 0.2) is 0 Å². The van der Waals surface area contributed by atoms with E-state index in [9.17, 15) is 4.79 Å². The van der Waals surface area contributed by atoms with Gasteiger partial charge < -0.3 is 9.64 Å². The van der Waals surface area contributed by atoms with Crippen molar-refractivity contribution in [3.63, 3.8) is 0 Å². The van der Waals surface area contributed by atoms with Crippen molar-refractivity contribution in [1.29, 1.82) is 0 Å². The van der Waals surface area contributed by atoms with E-state index in [1.54, 1.807) is 7.11 Å². The third kappa shape index (κ3) is 2.99. The van der Waals surface area contributed by atoms with E-state index in [0.717, 1.165) is 25.9 Å². The van der Waals surface area contributed by atoms with Gasteiger partial charge in [0.25, 0.3) is 0 Å². The molecule has 0 unspecified atom stereocenters. The van der Waals surface area contributed by atoms with E-state index in [1.807, 2.05) is 18.7 Å². The molecule has 1 saturated carbocycles. The number of amides is 1. The second-order valence-electron chi connectivity index (χ2n) is 3.70. The third-order valence-electron chi connectivity index (χ3n) is 2.50. The van der Waals surface area contributed by atoms with Gasteiger partial charge >= 0.3 is 0 Å². The van der Waals surface area contributed by atoms with Crippen molar-refractivity contribution in [2.24, 2.45) is 5.92 Å². The Bertz CT molecular complexity index is 178. The Labute approximate surface area is 80.1 Å². The van der Waals surface area contributed by atoms with Crippen molar-refractivity contribution < 1.29 is 9.53 Å². The molecule has 0 bridgehead atoms. The number of likely N-dealkylation sites (N-methyl/N-ethyl adjacent to an activating group) is 1. The van der Waals surface area contributed by atoms with E-state index in [2.05, 4.69) is 0 Å². The molecule has 1 aliphatic carbocycles. The number of nitrogens with zero attached hydrogens (tertiary/aromatic N) is 1. The second kappa shape index (κ2) is 4.61. The highest BCUT2D eigenvalue weighted by Gasteiger charge is 2.33. The molecule has 0 heterocycles. The highest BCUT2D eigenvalue weighted by Crippen LogP contribution is 2.30. The summed E-state index contributed by atoms with van der Waals surface area (Å²) in [5.74, 6) is 0.635. The molecule has 0 aromatic carbocycles. The van der Waals surface area contributed by atoms with Gasteiger partial charge in [-0.15, -0.1) is 0 Å². The topological polar surface area (TPSA) is 29.5 Å². The Morgan fingerprint density at radius 1 is 1.62 bits per heavy atom. The van der Waals surface area contributed by atoms with Crippen LogP contribution in [-0.4, -0.2) is 37.1 Å². The molecule has 0 N–H and O–H groups in total. The number of hydrogen-bond acceptors (Lipinski definition) is 2. The molecule has 0 aliphatic heterocycles. The maximum absolute atomic E-state index is 11.7. The highest BCUT2D eigenvalue weighted by molar-refractivity contribution is 5.81. The molecule has 0 aromatic heterocycles. The lowest BCUT2D eigenvalue weighted by atomic mass is 10.3. The van der Waals surface area contributed by atoms with E-state index in [0.29, 0.717) is 11.8 Å². The smallest absolute Gasteiger partial charge is 0.225 e. The maximum Gasteiger partial charge on any atom is 0.225 e. The first-order valence-electron chi connectivity index (χ1n) is 5.00. The fourth-order valence-corrected chi connectivity index (χ4v) is 1.35. The summed E-state index contributed by atoms with van der Waals surface area (Å²) in [5.41, 5.74) is 0. The Morgan fingerprint density at radius 3 is 2.62 bits per heavy atom. The molecule has 3 heteroatoms. The third-order valence-corrected chi connectivity index (χ3v) is 2.50. The fraction of sp³-hybridized carbons (Fsp3) is 0.900. The van der Waals surface area contributed by atoms with Gasteiger partial charge in [-0.3, -0.25) is 4.79 Å². The van der Waals surface area contributed by atoms with E-state index in [4.69, 9.17) is 4.74 Å². The lowest BCUT2D eigenvalue weighted by molar-refractivity contribution is -0.133. The van der Waals surface area contributed by atoms with Crippen LogP contribution in [0.3, 0.4) is 0 Å². The Balaban J connectivity index is 2.36. The predicted molar refractivity (Wildman–Crippen MR) is 51.4 cm³/mol. The minimum Gasteiger partial charge on any atom is -0.380 e. The summed E-state index contributed by atoms with van der Waals surface area (Å²) < 4.78 is 5.14. The Kier molecular flexibility index (Phi) is 3.72. The summed E-state index contributed by atoms with van der Waals surface area (Å²) in [6.07, 6.45) is 2.30. The first-order chi connectivity index (χ1) is 6.19. The maximum atomic E-state index is 11.7. The van der Waals surface area contributed by atoms with Crippen LogP contribution in [0.5, 0.6) is 0 Å². The molecule has 0 spiro atoms. The van der Waals surface area contributed by atoms with Gasteiger partial charge in [-0.25, -0.2) is 0 Å². The summed E-state index contributed by atoms with van der Waals surface area (Å²) in [6.45, 7) is 5.52. The van der Waals surface area contributed by atoms with Gasteiger partial charge in [0.2, 0.25) is 5.91 Å². The van der Waals surface area contributed by atoms with Crippen LogP contribution in [-0.2, 0) is 9.53 Å². The van der Waals surface area contributed by atoms with Crippen LogP contribution in [0.25, 0.3) is 0 Å². The van der Waals surface area contributed by atoms with Gasteiger partial charge in [-0.1, -0.05) is 0 Å². The number of ether oxygens (including phenoxy) is 1. The molecule has 3 nitrogen and oxygen atoms in total. The predicted octanol–water partition coefficient (Wildman–Crippen LogP) is 1.28. The Hall–Kier alpha value is -0.570. The van der Waals surface area contributed by atoms with Crippen LogP contribution in [0, 0.1) is 5.92 Å². The zero-order valence-electron chi connectivity index (χ0n) is 8.75. The van der Waals surface area contributed by atoms with Crippen molar-refractivity contribution in [2.45, 2.75) is 32.8 Å². The second-order valence-corrected chi connectivity index (χ2v) is 3.70. The largest absolute Gasteiger partial charge is 0.380 e. The molecule has 1 aliphatic rings. The molecule has 0 radical (unpaired) electrons. The summed E-state index contributed by atoms with van der Waals surface area (Å²) in [4.78, 5) is 13.6. The number of carbonyl (C=O) groups is 1. The lowest BCUT2D eigenvalue weighted by Crippen LogP contribution is -2.37.